The van der Waals surface area contributed by atoms with Crippen molar-refractivity contribution in [3.63, 3.8) is 0 Å². The Balaban J connectivity index is 2.57. The molecule has 0 spiro atoms. The van der Waals surface area contributed by atoms with Crippen LogP contribution in [0.2, 0.25) is 5.02 Å². The highest BCUT2D eigenvalue weighted by Gasteiger charge is 2.20. The largest absolute Gasteiger partial charge is 0.374 e. The quantitative estimate of drug-likeness (QED) is 0.634. The van der Waals surface area contributed by atoms with E-state index < -0.39 is 0 Å². The van der Waals surface area contributed by atoms with Gasteiger partial charge in [-0.1, -0.05) is 11.6 Å². The first kappa shape index (κ1) is 8.57. The molecule has 0 unspecified atom stereocenters. The van der Waals surface area contributed by atoms with Crippen molar-refractivity contribution in [2.45, 2.75) is 6.42 Å². The van der Waals surface area contributed by atoms with E-state index in [0.29, 0.717) is 11.4 Å². The first-order valence-corrected chi connectivity index (χ1v) is 4.60. The third-order valence-electron chi connectivity index (χ3n) is 2.34. The van der Waals surface area contributed by atoms with Crippen LogP contribution in [0.1, 0.15) is 16.8 Å². The molecular weight excluding hydrogens is 186 g/mol. The van der Waals surface area contributed by atoms with Crippen LogP contribution in [-0.4, -0.2) is 19.4 Å². The highest BCUT2D eigenvalue weighted by molar-refractivity contribution is 6.31. The summed E-state index contributed by atoms with van der Waals surface area (Å²) in [6.07, 6.45) is 0.587. The molecule has 2 rings (SSSR count). The predicted octanol–water partition coefficient (Wildman–Crippen LogP) is 2.36. The number of benzene rings is 1. The highest BCUT2D eigenvalue weighted by Crippen LogP contribution is 2.28. The molecule has 0 aromatic heterocycles. The molecule has 0 saturated heterocycles. The highest BCUT2D eigenvalue weighted by atomic mass is 35.5. The summed E-state index contributed by atoms with van der Waals surface area (Å²) in [7, 11) is 1.99. The standard InChI is InChI=1S/C10H10ClNO/c1-12-5-4-10(13)8-6-7(11)2-3-9(8)12/h2-3,6H,4-5H2,1H3. The van der Waals surface area contributed by atoms with Gasteiger partial charge in [-0.2, -0.15) is 0 Å². The maximum atomic E-state index is 11.5. The lowest BCUT2D eigenvalue weighted by molar-refractivity contribution is 0.0980. The summed E-state index contributed by atoms with van der Waals surface area (Å²) in [5.74, 6) is 0.190. The van der Waals surface area contributed by atoms with E-state index in [1.807, 2.05) is 19.2 Å². The summed E-state index contributed by atoms with van der Waals surface area (Å²) in [4.78, 5) is 13.6. The monoisotopic (exact) mass is 195 g/mol. The molecule has 0 atom stereocenters. The number of carbonyl (C=O) groups is 1. The zero-order valence-electron chi connectivity index (χ0n) is 7.38. The number of rotatable bonds is 0. The van der Waals surface area contributed by atoms with Crippen LogP contribution in [0.25, 0.3) is 0 Å². The number of fused-ring (bicyclic) bond motifs is 1. The number of anilines is 1. The van der Waals surface area contributed by atoms with Crippen LogP contribution in [-0.2, 0) is 0 Å². The Hall–Kier alpha value is -1.02. The second kappa shape index (κ2) is 3.04. The van der Waals surface area contributed by atoms with Crippen molar-refractivity contribution in [1.82, 2.24) is 0 Å². The molecule has 1 aliphatic heterocycles. The van der Waals surface area contributed by atoms with Crippen molar-refractivity contribution < 1.29 is 4.79 Å². The third kappa shape index (κ3) is 1.42. The van der Waals surface area contributed by atoms with Crippen LogP contribution >= 0.6 is 11.6 Å². The maximum absolute atomic E-state index is 11.5. The van der Waals surface area contributed by atoms with E-state index in [9.17, 15) is 4.79 Å². The van der Waals surface area contributed by atoms with Gasteiger partial charge in [0.15, 0.2) is 5.78 Å². The molecule has 0 amide bonds. The molecular formula is C10H10ClNO. The van der Waals surface area contributed by atoms with Crippen LogP contribution in [0.4, 0.5) is 5.69 Å². The zero-order valence-corrected chi connectivity index (χ0v) is 8.14. The van der Waals surface area contributed by atoms with Crippen LogP contribution in [0, 0.1) is 0 Å². The van der Waals surface area contributed by atoms with Crippen LogP contribution in [0.15, 0.2) is 18.2 Å². The van der Waals surface area contributed by atoms with E-state index in [1.54, 1.807) is 6.07 Å². The maximum Gasteiger partial charge on any atom is 0.166 e. The Kier molecular flexibility index (Phi) is 2.00. The average molecular weight is 196 g/mol. The molecule has 0 fully saturated rings. The van der Waals surface area contributed by atoms with E-state index in [2.05, 4.69) is 4.90 Å². The number of nitrogens with zero attached hydrogens (tertiary/aromatic N) is 1. The van der Waals surface area contributed by atoms with Crippen molar-refractivity contribution in [3.8, 4) is 0 Å². The minimum Gasteiger partial charge on any atom is -0.374 e. The summed E-state index contributed by atoms with van der Waals surface area (Å²) < 4.78 is 0. The van der Waals surface area contributed by atoms with Gasteiger partial charge in [-0.15, -0.1) is 0 Å². The third-order valence-corrected chi connectivity index (χ3v) is 2.58. The van der Waals surface area contributed by atoms with Crippen LogP contribution in [0.5, 0.6) is 0 Å². The lowest BCUT2D eigenvalue weighted by atomic mass is 10.0. The SMILES string of the molecule is CN1CCC(=O)c2cc(Cl)ccc21. The van der Waals surface area contributed by atoms with E-state index in [-0.39, 0.29) is 5.78 Å². The molecule has 1 aromatic carbocycles. The smallest absolute Gasteiger partial charge is 0.166 e. The molecule has 0 aliphatic carbocycles. The molecule has 1 heterocycles. The average Bonchev–Trinajstić information content (AvgIpc) is 2.12. The molecule has 68 valence electrons. The second-order valence-electron chi connectivity index (χ2n) is 3.26. The van der Waals surface area contributed by atoms with Crippen LogP contribution in [0.3, 0.4) is 0 Å². The molecule has 1 aliphatic rings. The van der Waals surface area contributed by atoms with E-state index in [1.165, 1.54) is 0 Å². The summed E-state index contributed by atoms with van der Waals surface area (Å²) in [6, 6.07) is 5.46. The van der Waals surface area contributed by atoms with Gasteiger partial charge in [-0.25, -0.2) is 0 Å². The summed E-state index contributed by atoms with van der Waals surface area (Å²) >= 11 is 5.82. The first-order valence-electron chi connectivity index (χ1n) is 4.22. The fourth-order valence-corrected chi connectivity index (χ4v) is 1.76. The van der Waals surface area contributed by atoms with E-state index >= 15 is 0 Å². The van der Waals surface area contributed by atoms with Gasteiger partial charge in [0.1, 0.15) is 0 Å². The number of halogens is 1. The van der Waals surface area contributed by atoms with Crippen molar-refractivity contribution >= 4 is 23.1 Å². The van der Waals surface area contributed by atoms with Gasteiger partial charge in [-0.05, 0) is 18.2 Å². The van der Waals surface area contributed by atoms with Gasteiger partial charge in [0.2, 0.25) is 0 Å². The molecule has 3 heteroatoms. The van der Waals surface area contributed by atoms with Crippen molar-refractivity contribution in [2.75, 3.05) is 18.5 Å². The Morgan fingerprint density at radius 1 is 1.46 bits per heavy atom. The molecule has 0 N–H and O–H groups in total. The van der Waals surface area contributed by atoms with Gasteiger partial charge < -0.3 is 4.90 Å². The van der Waals surface area contributed by atoms with Crippen molar-refractivity contribution in [3.05, 3.63) is 28.8 Å². The Morgan fingerprint density at radius 3 is 3.00 bits per heavy atom. The zero-order chi connectivity index (χ0) is 9.42. The molecule has 0 bridgehead atoms. The normalized spacial score (nSPS) is 15.8. The number of hydrogen-bond acceptors (Lipinski definition) is 2. The van der Waals surface area contributed by atoms with Gasteiger partial charge in [0, 0.05) is 36.3 Å². The molecule has 13 heavy (non-hydrogen) atoms. The van der Waals surface area contributed by atoms with E-state index in [4.69, 9.17) is 11.6 Å². The summed E-state index contributed by atoms with van der Waals surface area (Å²) in [6.45, 7) is 0.799. The molecule has 0 radical (unpaired) electrons. The Morgan fingerprint density at radius 2 is 2.23 bits per heavy atom. The molecule has 2 nitrogen and oxygen atoms in total. The summed E-state index contributed by atoms with van der Waals surface area (Å²) in [5, 5.41) is 0.627. The van der Waals surface area contributed by atoms with Gasteiger partial charge in [0.05, 0.1) is 0 Å². The van der Waals surface area contributed by atoms with Crippen LogP contribution < -0.4 is 4.90 Å². The topological polar surface area (TPSA) is 20.3 Å². The van der Waals surface area contributed by atoms with Crippen molar-refractivity contribution in [2.24, 2.45) is 0 Å². The van der Waals surface area contributed by atoms with Gasteiger partial charge in [0.25, 0.3) is 0 Å². The van der Waals surface area contributed by atoms with Crippen molar-refractivity contribution in [1.29, 1.82) is 0 Å². The second-order valence-corrected chi connectivity index (χ2v) is 3.69. The number of hydrogen-bond donors (Lipinski definition) is 0. The van der Waals surface area contributed by atoms with Gasteiger partial charge >= 0.3 is 0 Å². The fraction of sp³-hybridized carbons (Fsp3) is 0.300. The Bertz CT molecular complexity index is 362. The number of ketones is 1. The molecule has 1 aromatic rings. The lowest BCUT2D eigenvalue weighted by Gasteiger charge is -2.26. The van der Waals surface area contributed by atoms with Gasteiger partial charge in [-0.3, -0.25) is 4.79 Å². The van der Waals surface area contributed by atoms with E-state index in [0.717, 1.165) is 17.8 Å². The number of carbonyl (C=O) groups excluding carboxylic acids is 1. The Labute approximate surface area is 82.1 Å². The molecule has 0 saturated carbocycles. The number of Topliss-reactive ketones (excluding diaryl/α,β-unsaturated/α-hetero) is 1. The predicted molar refractivity (Wildman–Crippen MR) is 53.7 cm³/mol. The fourth-order valence-electron chi connectivity index (χ4n) is 1.59. The minimum absolute atomic E-state index is 0.190. The first-order chi connectivity index (χ1) is 6.18. The minimum atomic E-state index is 0.190. The summed E-state index contributed by atoms with van der Waals surface area (Å²) in [5.41, 5.74) is 1.74. The lowest BCUT2D eigenvalue weighted by Crippen LogP contribution is -2.28.